The van der Waals surface area contributed by atoms with Gasteiger partial charge in [-0.05, 0) is 24.7 Å². The topological polar surface area (TPSA) is 72.2 Å². The number of allylic oxidation sites excluding steroid dienone is 2. The summed E-state index contributed by atoms with van der Waals surface area (Å²) >= 11 is 0. The maximum atomic E-state index is 9.88. The van der Waals surface area contributed by atoms with Crippen LogP contribution in [-0.2, 0) is 18.3 Å². The zero-order valence-electron chi connectivity index (χ0n) is 12.9. The van der Waals surface area contributed by atoms with E-state index in [1.54, 1.807) is 11.0 Å². The lowest BCUT2D eigenvalue weighted by Crippen LogP contribution is -2.31. The van der Waals surface area contributed by atoms with E-state index in [1.165, 1.54) is 0 Å². The van der Waals surface area contributed by atoms with E-state index < -0.39 is 6.10 Å². The third-order valence-electron chi connectivity index (χ3n) is 3.87. The molecule has 6 nitrogen and oxygen atoms in total. The van der Waals surface area contributed by atoms with Crippen molar-refractivity contribution in [1.29, 1.82) is 0 Å². The van der Waals surface area contributed by atoms with Gasteiger partial charge in [-0.3, -0.25) is 4.68 Å². The van der Waals surface area contributed by atoms with Crippen LogP contribution >= 0.6 is 0 Å². The molecule has 3 unspecified atom stereocenters. The number of aliphatic hydroxyl groups is 1. The van der Waals surface area contributed by atoms with Crippen molar-refractivity contribution in [1.82, 2.24) is 20.1 Å². The van der Waals surface area contributed by atoms with Crippen LogP contribution in [0.5, 0.6) is 0 Å². The van der Waals surface area contributed by atoms with E-state index in [0.717, 1.165) is 25.3 Å². The SMILES string of the molecule is CC1CC=CCC1COCC(O)CNCc1ncn(C)n1. The second-order valence-corrected chi connectivity index (χ2v) is 5.84. The Labute approximate surface area is 126 Å². The van der Waals surface area contributed by atoms with Gasteiger partial charge < -0.3 is 15.2 Å². The molecule has 21 heavy (non-hydrogen) atoms. The third-order valence-corrected chi connectivity index (χ3v) is 3.87. The highest BCUT2D eigenvalue weighted by atomic mass is 16.5. The van der Waals surface area contributed by atoms with Crippen LogP contribution in [-0.4, -0.2) is 45.7 Å². The molecule has 1 heterocycles. The summed E-state index contributed by atoms with van der Waals surface area (Å²) in [4.78, 5) is 4.11. The predicted octanol–water partition coefficient (Wildman–Crippen LogP) is 0.884. The van der Waals surface area contributed by atoms with E-state index in [1.807, 2.05) is 7.05 Å². The lowest BCUT2D eigenvalue weighted by atomic mass is 9.85. The summed E-state index contributed by atoms with van der Waals surface area (Å²) in [6.45, 7) is 4.40. The molecule has 6 heteroatoms. The van der Waals surface area contributed by atoms with E-state index in [9.17, 15) is 5.11 Å². The van der Waals surface area contributed by atoms with E-state index in [2.05, 4.69) is 34.5 Å². The number of aromatic nitrogens is 3. The van der Waals surface area contributed by atoms with Gasteiger partial charge in [0.15, 0.2) is 5.82 Å². The first kappa shape index (κ1) is 16.1. The molecular weight excluding hydrogens is 268 g/mol. The first-order chi connectivity index (χ1) is 10.1. The highest BCUT2D eigenvalue weighted by Gasteiger charge is 2.18. The van der Waals surface area contributed by atoms with Crippen molar-refractivity contribution >= 4 is 0 Å². The Morgan fingerprint density at radius 3 is 3.00 bits per heavy atom. The Hall–Kier alpha value is -1.24. The van der Waals surface area contributed by atoms with Crippen molar-refractivity contribution in [2.24, 2.45) is 18.9 Å². The Morgan fingerprint density at radius 2 is 2.29 bits per heavy atom. The van der Waals surface area contributed by atoms with Gasteiger partial charge in [-0.25, -0.2) is 4.98 Å². The Kier molecular flexibility index (Phi) is 6.35. The minimum atomic E-state index is -0.497. The van der Waals surface area contributed by atoms with Gasteiger partial charge in [0, 0.05) is 13.6 Å². The molecule has 0 saturated carbocycles. The van der Waals surface area contributed by atoms with Gasteiger partial charge in [0.25, 0.3) is 0 Å². The molecule has 1 aromatic heterocycles. The summed E-state index contributed by atoms with van der Waals surface area (Å²) in [7, 11) is 1.83. The summed E-state index contributed by atoms with van der Waals surface area (Å²) in [6, 6.07) is 0. The quantitative estimate of drug-likeness (QED) is 0.697. The molecule has 0 saturated heterocycles. The smallest absolute Gasteiger partial charge is 0.164 e. The van der Waals surface area contributed by atoms with Gasteiger partial charge >= 0.3 is 0 Å². The second-order valence-electron chi connectivity index (χ2n) is 5.84. The molecule has 1 aromatic rings. The number of hydrogen-bond acceptors (Lipinski definition) is 5. The number of aliphatic hydroxyl groups excluding tert-OH is 1. The summed E-state index contributed by atoms with van der Waals surface area (Å²) in [5.41, 5.74) is 0. The van der Waals surface area contributed by atoms with Crippen LogP contribution in [0, 0.1) is 11.8 Å². The molecule has 2 N–H and O–H groups in total. The lowest BCUT2D eigenvalue weighted by Gasteiger charge is -2.25. The van der Waals surface area contributed by atoms with E-state index in [0.29, 0.717) is 31.5 Å². The first-order valence-corrected chi connectivity index (χ1v) is 7.61. The fourth-order valence-electron chi connectivity index (χ4n) is 2.47. The summed E-state index contributed by atoms with van der Waals surface area (Å²) < 4.78 is 7.32. The summed E-state index contributed by atoms with van der Waals surface area (Å²) in [5, 5.41) is 17.2. The Balaban J connectivity index is 1.55. The lowest BCUT2D eigenvalue weighted by molar-refractivity contribution is 0.0127. The molecule has 0 amide bonds. The van der Waals surface area contributed by atoms with Crippen molar-refractivity contribution in [2.75, 3.05) is 19.8 Å². The van der Waals surface area contributed by atoms with Gasteiger partial charge in [0.2, 0.25) is 0 Å². The molecule has 118 valence electrons. The molecule has 1 aliphatic rings. The van der Waals surface area contributed by atoms with Crippen LogP contribution in [0.15, 0.2) is 18.5 Å². The van der Waals surface area contributed by atoms with Gasteiger partial charge in [-0.2, -0.15) is 5.10 Å². The molecule has 0 bridgehead atoms. The van der Waals surface area contributed by atoms with Crippen molar-refractivity contribution in [3.05, 3.63) is 24.3 Å². The first-order valence-electron chi connectivity index (χ1n) is 7.61. The fraction of sp³-hybridized carbons (Fsp3) is 0.733. The zero-order chi connectivity index (χ0) is 15.1. The molecule has 1 aliphatic carbocycles. The van der Waals surface area contributed by atoms with Crippen LogP contribution < -0.4 is 5.32 Å². The number of rotatable bonds is 8. The maximum absolute atomic E-state index is 9.88. The van der Waals surface area contributed by atoms with E-state index in [4.69, 9.17) is 4.74 Å². The average molecular weight is 294 g/mol. The molecule has 0 radical (unpaired) electrons. The highest BCUT2D eigenvalue weighted by molar-refractivity contribution is 4.93. The minimum Gasteiger partial charge on any atom is -0.389 e. The van der Waals surface area contributed by atoms with Gasteiger partial charge in [-0.15, -0.1) is 0 Å². The number of nitrogens with zero attached hydrogens (tertiary/aromatic N) is 3. The molecule has 0 aliphatic heterocycles. The van der Waals surface area contributed by atoms with Crippen LogP contribution in [0.3, 0.4) is 0 Å². The normalized spacial score (nSPS) is 23.4. The van der Waals surface area contributed by atoms with Crippen LogP contribution in [0.1, 0.15) is 25.6 Å². The zero-order valence-corrected chi connectivity index (χ0v) is 12.9. The van der Waals surface area contributed by atoms with Crippen LogP contribution in [0.25, 0.3) is 0 Å². The van der Waals surface area contributed by atoms with Gasteiger partial charge in [-0.1, -0.05) is 19.1 Å². The van der Waals surface area contributed by atoms with Crippen molar-refractivity contribution < 1.29 is 9.84 Å². The summed E-state index contributed by atoms with van der Waals surface area (Å²) in [5.74, 6) is 1.97. The van der Waals surface area contributed by atoms with E-state index >= 15 is 0 Å². The third kappa shape index (κ3) is 5.57. The van der Waals surface area contributed by atoms with E-state index in [-0.39, 0.29) is 0 Å². The predicted molar refractivity (Wildman–Crippen MR) is 80.6 cm³/mol. The number of hydrogen-bond donors (Lipinski definition) is 2. The van der Waals surface area contributed by atoms with Gasteiger partial charge in [0.1, 0.15) is 6.33 Å². The minimum absolute atomic E-state index is 0.371. The number of aryl methyl sites for hydroxylation is 1. The Morgan fingerprint density at radius 1 is 1.48 bits per heavy atom. The monoisotopic (exact) mass is 294 g/mol. The highest BCUT2D eigenvalue weighted by Crippen LogP contribution is 2.24. The number of nitrogens with one attached hydrogen (secondary N) is 1. The summed E-state index contributed by atoms with van der Waals surface area (Å²) in [6.07, 6.45) is 7.85. The van der Waals surface area contributed by atoms with Crippen LogP contribution in [0.2, 0.25) is 0 Å². The average Bonchev–Trinajstić information content (AvgIpc) is 2.87. The van der Waals surface area contributed by atoms with Crippen molar-refractivity contribution in [3.8, 4) is 0 Å². The molecule has 3 atom stereocenters. The van der Waals surface area contributed by atoms with Crippen molar-refractivity contribution in [3.63, 3.8) is 0 Å². The molecule has 0 fully saturated rings. The van der Waals surface area contributed by atoms with Crippen molar-refractivity contribution in [2.45, 2.75) is 32.4 Å². The Bertz CT molecular complexity index is 447. The molecular formula is C15H26N4O2. The molecule has 0 aromatic carbocycles. The second kappa shape index (κ2) is 8.26. The maximum Gasteiger partial charge on any atom is 0.164 e. The standard InChI is InChI=1S/C15H26N4O2/c1-12-5-3-4-6-13(12)9-21-10-14(20)7-16-8-15-17-11-19(2)18-15/h3-4,11-14,16,20H,5-10H2,1-2H3. The number of ether oxygens (including phenoxy) is 1. The largest absolute Gasteiger partial charge is 0.389 e. The molecule has 2 rings (SSSR count). The van der Waals surface area contributed by atoms with Gasteiger partial charge in [0.05, 0.1) is 25.9 Å². The fourth-order valence-corrected chi connectivity index (χ4v) is 2.47. The van der Waals surface area contributed by atoms with Crippen LogP contribution in [0.4, 0.5) is 0 Å². The molecule has 0 spiro atoms.